The van der Waals surface area contributed by atoms with Gasteiger partial charge in [-0.2, -0.15) is 0 Å². The number of rotatable bonds is 1. The van der Waals surface area contributed by atoms with Crippen LogP contribution >= 0.6 is 11.3 Å². The molecule has 1 aromatic heterocycles. The van der Waals surface area contributed by atoms with Crippen molar-refractivity contribution in [2.75, 3.05) is 12.3 Å². The van der Waals surface area contributed by atoms with Crippen LogP contribution < -0.4 is 11.1 Å². The fourth-order valence-corrected chi connectivity index (χ4v) is 3.26. The van der Waals surface area contributed by atoms with Gasteiger partial charge in [0.15, 0.2) is 16.6 Å². The van der Waals surface area contributed by atoms with Gasteiger partial charge >= 0.3 is 0 Å². The molecule has 0 amide bonds. The molecule has 7 heteroatoms. The van der Waals surface area contributed by atoms with E-state index in [2.05, 4.69) is 10.3 Å². The van der Waals surface area contributed by atoms with E-state index >= 15 is 0 Å². The predicted molar refractivity (Wildman–Crippen MR) is 69.8 cm³/mol. The van der Waals surface area contributed by atoms with E-state index in [1.54, 1.807) is 0 Å². The molecule has 0 spiro atoms. The highest BCUT2D eigenvalue weighted by atomic mass is 32.1. The number of nitrogens with one attached hydrogen (secondary N) is 1. The number of hydrogen-bond acceptors (Lipinski definition) is 6. The number of hydrogen-bond donors (Lipinski definition) is 4. The van der Waals surface area contributed by atoms with Gasteiger partial charge in [0, 0.05) is 35.5 Å². The second kappa shape index (κ2) is 4.36. The number of aromatic nitrogens is 1. The van der Waals surface area contributed by atoms with Crippen LogP contribution in [0.3, 0.4) is 0 Å². The number of fused-ring (bicyclic) bond motifs is 1. The molecule has 5 N–H and O–H groups in total. The molecule has 19 heavy (non-hydrogen) atoms. The van der Waals surface area contributed by atoms with Crippen LogP contribution in [-0.2, 0) is 6.54 Å². The topological polar surface area (TPSA) is 91.4 Å². The van der Waals surface area contributed by atoms with Gasteiger partial charge in [-0.1, -0.05) is 0 Å². The molecule has 0 fully saturated rings. The molecule has 2 heterocycles. The molecule has 0 radical (unpaired) electrons. The summed E-state index contributed by atoms with van der Waals surface area (Å²) in [5, 5.41) is 22.4. The third kappa shape index (κ3) is 2.00. The van der Waals surface area contributed by atoms with Crippen molar-refractivity contribution >= 4 is 16.5 Å². The van der Waals surface area contributed by atoms with Crippen molar-refractivity contribution in [1.82, 2.24) is 10.3 Å². The third-order valence-corrected chi connectivity index (χ3v) is 4.21. The molecule has 3 rings (SSSR count). The maximum Gasteiger partial charge on any atom is 0.180 e. The number of benzene rings is 1. The van der Waals surface area contributed by atoms with E-state index < -0.39 is 11.6 Å². The molecule has 1 unspecified atom stereocenters. The number of thiazole rings is 1. The molecular formula is C12H12FN3O2S. The van der Waals surface area contributed by atoms with E-state index in [0.29, 0.717) is 23.8 Å². The first kappa shape index (κ1) is 12.2. The molecule has 1 atom stereocenters. The quantitative estimate of drug-likeness (QED) is 0.595. The molecular weight excluding hydrogens is 269 g/mol. The largest absolute Gasteiger partial charge is 0.504 e. The second-order valence-corrected chi connectivity index (χ2v) is 5.47. The fraction of sp³-hybridized carbons (Fsp3) is 0.250. The van der Waals surface area contributed by atoms with Crippen LogP contribution in [0.1, 0.15) is 22.1 Å². The molecule has 0 saturated carbocycles. The van der Waals surface area contributed by atoms with Crippen LogP contribution in [0.4, 0.5) is 9.52 Å². The summed E-state index contributed by atoms with van der Waals surface area (Å²) in [4.78, 5) is 5.10. The van der Waals surface area contributed by atoms with E-state index in [1.807, 2.05) is 0 Å². The first-order chi connectivity index (χ1) is 9.06. The van der Waals surface area contributed by atoms with Crippen molar-refractivity contribution in [1.29, 1.82) is 0 Å². The Morgan fingerprint density at radius 2 is 2.11 bits per heavy atom. The van der Waals surface area contributed by atoms with Gasteiger partial charge in [-0.25, -0.2) is 9.37 Å². The van der Waals surface area contributed by atoms with Gasteiger partial charge in [0.05, 0.1) is 5.69 Å². The molecule has 5 nitrogen and oxygen atoms in total. The lowest BCUT2D eigenvalue weighted by Crippen LogP contribution is -2.28. The summed E-state index contributed by atoms with van der Waals surface area (Å²) in [7, 11) is 0. The van der Waals surface area contributed by atoms with E-state index in [-0.39, 0.29) is 11.7 Å². The van der Waals surface area contributed by atoms with Gasteiger partial charge < -0.3 is 21.3 Å². The minimum absolute atomic E-state index is 0.259. The van der Waals surface area contributed by atoms with Crippen molar-refractivity contribution < 1.29 is 14.6 Å². The number of nitrogen functional groups attached to an aromatic ring is 1. The Balaban J connectivity index is 2.11. The minimum atomic E-state index is -0.554. The van der Waals surface area contributed by atoms with Crippen molar-refractivity contribution in [2.24, 2.45) is 0 Å². The van der Waals surface area contributed by atoms with Crippen LogP contribution in [-0.4, -0.2) is 21.7 Å². The summed E-state index contributed by atoms with van der Waals surface area (Å²) in [6.07, 6.45) is 0. The molecule has 2 aromatic rings. The summed E-state index contributed by atoms with van der Waals surface area (Å²) >= 11 is 1.33. The fourth-order valence-electron chi connectivity index (χ4n) is 2.29. The second-order valence-electron chi connectivity index (χ2n) is 4.41. The Bertz CT molecular complexity index is 644. The summed E-state index contributed by atoms with van der Waals surface area (Å²) < 4.78 is 14.0. The number of phenolic OH excluding ortho intramolecular Hbond substituents is 2. The van der Waals surface area contributed by atoms with E-state index in [0.717, 1.165) is 16.6 Å². The Labute approximate surface area is 112 Å². The highest BCUT2D eigenvalue weighted by Crippen LogP contribution is 2.39. The number of anilines is 1. The molecule has 0 bridgehead atoms. The summed E-state index contributed by atoms with van der Waals surface area (Å²) in [6.45, 7) is 1.14. The van der Waals surface area contributed by atoms with E-state index in [9.17, 15) is 14.6 Å². The Hall–Kier alpha value is -1.86. The van der Waals surface area contributed by atoms with Gasteiger partial charge in [0.2, 0.25) is 0 Å². The van der Waals surface area contributed by atoms with Crippen molar-refractivity contribution in [3.8, 4) is 11.5 Å². The summed E-state index contributed by atoms with van der Waals surface area (Å²) in [5.41, 5.74) is 6.82. The van der Waals surface area contributed by atoms with Crippen molar-refractivity contribution in [3.63, 3.8) is 0 Å². The van der Waals surface area contributed by atoms with Gasteiger partial charge in [0.25, 0.3) is 0 Å². The summed E-state index contributed by atoms with van der Waals surface area (Å²) in [5.74, 6) is -1.61. The van der Waals surface area contributed by atoms with E-state index in [1.165, 1.54) is 17.4 Å². The Morgan fingerprint density at radius 1 is 1.37 bits per heavy atom. The predicted octanol–water partition coefficient (Wildman–Crippen LogP) is 1.51. The van der Waals surface area contributed by atoms with Gasteiger partial charge in [-0.3, -0.25) is 0 Å². The molecule has 1 aliphatic rings. The maximum absolute atomic E-state index is 14.0. The zero-order valence-electron chi connectivity index (χ0n) is 9.85. The zero-order chi connectivity index (χ0) is 13.6. The zero-order valence-corrected chi connectivity index (χ0v) is 10.7. The van der Waals surface area contributed by atoms with Crippen molar-refractivity contribution in [2.45, 2.75) is 12.5 Å². The highest BCUT2D eigenvalue weighted by molar-refractivity contribution is 7.15. The first-order valence-corrected chi connectivity index (χ1v) is 6.55. The smallest absolute Gasteiger partial charge is 0.180 e. The normalized spacial score (nSPS) is 18.3. The van der Waals surface area contributed by atoms with E-state index in [4.69, 9.17) is 5.73 Å². The summed E-state index contributed by atoms with van der Waals surface area (Å²) in [6, 6.07) is 2.17. The monoisotopic (exact) mass is 281 g/mol. The number of nitrogens with zero attached hydrogens (tertiary/aromatic N) is 1. The molecule has 1 aromatic carbocycles. The highest BCUT2D eigenvalue weighted by Gasteiger charge is 2.28. The molecule has 1 aliphatic heterocycles. The number of halogens is 1. The first-order valence-electron chi connectivity index (χ1n) is 5.73. The van der Waals surface area contributed by atoms with Crippen LogP contribution in [0.15, 0.2) is 12.1 Å². The average Bonchev–Trinajstić information content (AvgIpc) is 2.74. The number of phenols is 2. The lowest BCUT2D eigenvalue weighted by molar-refractivity contribution is 0.397. The lowest BCUT2D eigenvalue weighted by Gasteiger charge is -2.23. The molecule has 0 aliphatic carbocycles. The minimum Gasteiger partial charge on any atom is -0.504 e. The standard InChI is InChI=1S/C12H12FN3O2S/c13-7-2-10(18)9(17)1-5(7)6-3-15-4-8-11(6)19-12(14)16-8/h1-2,6,15,17-18H,3-4H2,(H2,14,16). The maximum atomic E-state index is 14.0. The van der Waals surface area contributed by atoms with Crippen LogP contribution in [0, 0.1) is 5.82 Å². The molecule has 100 valence electrons. The van der Waals surface area contributed by atoms with Gasteiger partial charge in [-0.05, 0) is 6.07 Å². The van der Waals surface area contributed by atoms with Crippen LogP contribution in [0.2, 0.25) is 0 Å². The van der Waals surface area contributed by atoms with Crippen molar-refractivity contribution in [3.05, 3.63) is 34.1 Å². The number of aromatic hydroxyl groups is 2. The Morgan fingerprint density at radius 3 is 2.89 bits per heavy atom. The third-order valence-electron chi connectivity index (χ3n) is 3.17. The average molecular weight is 281 g/mol. The molecule has 0 saturated heterocycles. The lowest BCUT2D eigenvalue weighted by atomic mass is 9.93. The Kier molecular flexibility index (Phi) is 2.79. The number of nitrogens with two attached hydrogens (primary N) is 1. The van der Waals surface area contributed by atoms with Gasteiger partial charge in [0.1, 0.15) is 5.82 Å². The van der Waals surface area contributed by atoms with Gasteiger partial charge in [-0.15, -0.1) is 11.3 Å². The van der Waals surface area contributed by atoms with Crippen LogP contribution in [0.25, 0.3) is 0 Å². The SMILES string of the molecule is Nc1nc2c(s1)C(c1cc(O)c(O)cc1F)CNC2. The van der Waals surface area contributed by atoms with Crippen LogP contribution in [0.5, 0.6) is 11.5 Å².